The van der Waals surface area contributed by atoms with Gasteiger partial charge in [0.25, 0.3) is 0 Å². The lowest BCUT2D eigenvalue weighted by molar-refractivity contribution is 0.386. The zero-order chi connectivity index (χ0) is 12.4. The number of benzene rings is 1. The van der Waals surface area contributed by atoms with Gasteiger partial charge in [0.15, 0.2) is 0 Å². The molecule has 0 atom stereocenters. The van der Waals surface area contributed by atoms with E-state index in [1.165, 1.54) is 0 Å². The predicted molar refractivity (Wildman–Crippen MR) is 71.3 cm³/mol. The van der Waals surface area contributed by atoms with Crippen molar-refractivity contribution in [3.05, 3.63) is 52.5 Å². The minimum Gasteiger partial charge on any atom is -0.399 e. The van der Waals surface area contributed by atoms with Crippen molar-refractivity contribution in [1.29, 1.82) is 0 Å². The van der Waals surface area contributed by atoms with Crippen LogP contribution in [0.4, 0.5) is 5.69 Å². The van der Waals surface area contributed by atoms with E-state index < -0.39 is 0 Å². The van der Waals surface area contributed by atoms with E-state index in [2.05, 4.69) is 10.1 Å². The van der Waals surface area contributed by atoms with Gasteiger partial charge in [0, 0.05) is 16.6 Å². The molecule has 0 unspecified atom stereocenters. The Morgan fingerprint density at radius 1 is 1.17 bits per heavy atom. The van der Waals surface area contributed by atoms with Gasteiger partial charge in [0.05, 0.1) is 6.42 Å². The first-order valence-corrected chi connectivity index (χ1v) is 6.45. The summed E-state index contributed by atoms with van der Waals surface area (Å²) >= 11 is 1.61. The van der Waals surface area contributed by atoms with Crippen molar-refractivity contribution in [2.24, 2.45) is 0 Å². The highest BCUT2D eigenvalue weighted by Crippen LogP contribution is 2.19. The molecular weight excluding hydrogens is 246 g/mol. The number of nitrogen functional groups attached to an aromatic ring is 1. The lowest BCUT2D eigenvalue weighted by Gasteiger charge is -1.96. The van der Waals surface area contributed by atoms with E-state index in [9.17, 15) is 0 Å². The molecule has 0 spiro atoms. The Bertz CT molecular complexity index is 629. The summed E-state index contributed by atoms with van der Waals surface area (Å²) in [7, 11) is 0. The summed E-state index contributed by atoms with van der Waals surface area (Å²) in [6.45, 7) is 0. The number of hydrogen-bond acceptors (Lipinski definition) is 5. The van der Waals surface area contributed by atoms with E-state index in [0.29, 0.717) is 18.1 Å². The van der Waals surface area contributed by atoms with Crippen LogP contribution in [-0.4, -0.2) is 10.1 Å². The number of rotatable bonds is 3. The minimum absolute atomic E-state index is 0.612. The molecular formula is C13H11N3OS. The summed E-state index contributed by atoms with van der Waals surface area (Å²) in [5.74, 6) is 1.25. The number of nitrogens with two attached hydrogens (primary N) is 1. The van der Waals surface area contributed by atoms with Crippen LogP contribution in [0.3, 0.4) is 0 Å². The fourth-order valence-electron chi connectivity index (χ4n) is 1.65. The number of anilines is 1. The number of nitrogens with zero attached hydrogens (tertiary/aromatic N) is 2. The lowest BCUT2D eigenvalue weighted by Crippen LogP contribution is -1.90. The quantitative estimate of drug-likeness (QED) is 0.732. The molecule has 0 amide bonds. The van der Waals surface area contributed by atoms with Crippen molar-refractivity contribution in [1.82, 2.24) is 10.1 Å². The Kier molecular flexibility index (Phi) is 2.82. The van der Waals surface area contributed by atoms with Crippen LogP contribution in [0.1, 0.15) is 11.5 Å². The standard InChI is InChI=1S/C13H11N3OS/c14-11-3-1-9(2-4-11)7-12-15-13(16-17-12)10-5-6-18-8-10/h1-6,8H,7,14H2. The molecule has 3 rings (SSSR count). The maximum atomic E-state index is 5.64. The highest BCUT2D eigenvalue weighted by Gasteiger charge is 2.09. The second-order valence-electron chi connectivity index (χ2n) is 3.94. The third kappa shape index (κ3) is 2.26. The third-order valence-corrected chi connectivity index (χ3v) is 3.27. The molecule has 3 aromatic rings. The average molecular weight is 257 g/mol. The molecule has 0 saturated carbocycles. The molecule has 0 aliphatic heterocycles. The van der Waals surface area contributed by atoms with Crippen LogP contribution < -0.4 is 5.73 Å². The molecule has 0 saturated heterocycles. The minimum atomic E-state index is 0.612. The monoisotopic (exact) mass is 257 g/mol. The van der Waals surface area contributed by atoms with Crippen LogP contribution >= 0.6 is 11.3 Å². The summed E-state index contributed by atoms with van der Waals surface area (Å²) in [5.41, 5.74) is 8.49. The molecule has 5 heteroatoms. The lowest BCUT2D eigenvalue weighted by atomic mass is 10.1. The van der Waals surface area contributed by atoms with Gasteiger partial charge in [-0.05, 0) is 29.1 Å². The number of hydrogen-bond donors (Lipinski definition) is 1. The molecule has 2 aromatic heterocycles. The summed E-state index contributed by atoms with van der Waals surface area (Å²) in [4.78, 5) is 4.37. The van der Waals surface area contributed by atoms with Gasteiger partial charge in [-0.1, -0.05) is 17.3 Å². The van der Waals surface area contributed by atoms with Crippen molar-refractivity contribution < 1.29 is 4.52 Å². The summed E-state index contributed by atoms with van der Waals surface area (Å²) in [6.07, 6.45) is 0.622. The van der Waals surface area contributed by atoms with Crippen LogP contribution in [0.2, 0.25) is 0 Å². The van der Waals surface area contributed by atoms with Gasteiger partial charge in [-0.15, -0.1) is 0 Å². The van der Waals surface area contributed by atoms with E-state index in [-0.39, 0.29) is 0 Å². The topological polar surface area (TPSA) is 64.9 Å². The zero-order valence-corrected chi connectivity index (χ0v) is 10.4. The van der Waals surface area contributed by atoms with E-state index in [1.807, 2.05) is 41.1 Å². The van der Waals surface area contributed by atoms with Crippen molar-refractivity contribution in [3.63, 3.8) is 0 Å². The highest BCUT2D eigenvalue weighted by molar-refractivity contribution is 7.08. The van der Waals surface area contributed by atoms with E-state index in [0.717, 1.165) is 16.8 Å². The van der Waals surface area contributed by atoms with Gasteiger partial charge in [-0.25, -0.2) is 0 Å². The third-order valence-electron chi connectivity index (χ3n) is 2.58. The second-order valence-corrected chi connectivity index (χ2v) is 4.72. The molecule has 1 aromatic carbocycles. The molecule has 0 aliphatic carbocycles. The van der Waals surface area contributed by atoms with Crippen LogP contribution in [0.15, 0.2) is 45.6 Å². The summed E-state index contributed by atoms with van der Waals surface area (Å²) < 4.78 is 5.23. The van der Waals surface area contributed by atoms with Gasteiger partial charge in [-0.3, -0.25) is 0 Å². The Labute approximate surface area is 108 Å². The van der Waals surface area contributed by atoms with E-state index in [1.54, 1.807) is 11.3 Å². The second kappa shape index (κ2) is 4.62. The largest absolute Gasteiger partial charge is 0.399 e. The van der Waals surface area contributed by atoms with Gasteiger partial charge in [-0.2, -0.15) is 16.3 Å². The van der Waals surface area contributed by atoms with Crippen LogP contribution in [0, 0.1) is 0 Å². The van der Waals surface area contributed by atoms with Gasteiger partial charge in [0.2, 0.25) is 11.7 Å². The molecule has 4 nitrogen and oxygen atoms in total. The SMILES string of the molecule is Nc1ccc(Cc2nc(-c3ccsc3)no2)cc1. The van der Waals surface area contributed by atoms with Crippen molar-refractivity contribution in [2.75, 3.05) is 5.73 Å². The fourth-order valence-corrected chi connectivity index (χ4v) is 2.28. The maximum Gasteiger partial charge on any atom is 0.231 e. The Balaban J connectivity index is 1.80. The van der Waals surface area contributed by atoms with Crippen LogP contribution in [-0.2, 0) is 6.42 Å². The molecule has 0 bridgehead atoms. The average Bonchev–Trinajstić information content (AvgIpc) is 3.02. The molecule has 0 fully saturated rings. The molecule has 90 valence electrons. The summed E-state index contributed by atoms with van der Waals surface area (Å²) in [6, 6.07) is 9.63. The smallest absolute Gasteiger partial charge is 0.231 e. The predicted octanol–water partition coefficient (Wildman–Crippen LogP) is 2.97. The van der Waals surface area contributed by atoms with Gasteiger partial charge >= 0.3 is 0 Å². The first-order valence-electron chi connectivity index (χ1n) is 5.51. The van der Waals surface area contributed by atoms with Crippen LogP contribution in [0.5, 0.6) is 0 Å². The molecule has 2 heterocycles. The fraction of sp³-hybridized carbons (Fsp3) is 0.0769. The van der Waals surface area contributed by atoms with Crippen molar-refractivity contribution in [2.45, 2.75) is 6.42 Å². The molecule has 0 radical (unpaired) electrons. The normalized spacial score (nSPS) is 10.7. The first-order chi connectivity index (χ1) is 8.81. The Hall–Kier alpha value is -2.14. The number of aromatic nitrogens is 2. The van der Waals surface area contributed by atoms with Crippen molar-refractivity contribution in [3.8, 4) is 11.4 Å². The Morgan fingerprint density at radius 2 is 2.00 bits per heavy atom. The van der Waals surface area contributed by atoms with Gasteiger partial charge < -0.3 is 10.3 Å². The Morgan fingerprint density at radius 3 is 2.72 bits per heavy atom. The highest BCUT2D eigenvalue weighted by atomic mass is 32.1. The zero-order valence-electron chi connectivity index (χ0n) is 9.54. The first kappa shape index (κ1) is 11.0. The molecule has 18 heavy (non-hydrogen) atoms. The van der Waals surface area contributed by atoms with Crippen molar-refractivity contribution >= 4 is 17.0 Å². The molecule has 0 aliphatic rings. The van der Waals surface area contributed by atoms with E-state index in [4.69, 9.17) is 10.3 Å². The summed E-state index contributed by atoms with van der Waals surface area (Å²) in [5, 5.41) is 7.96. The van der Waals surface area contributed by atoms with Crippen LogP contribution in [0.25, 0.3) is 11.4 Å². The maximum absolute atomic E-state index is 5.64. The number of thiophene rings is 1. The van der Waals surface area contributed by atoms with Gasteiger partial charge in [0.1, 0.15) is 0 Å². The van der Waals surface area contributed by atoms with E-state index >= 15 is 0 Å². The molecule has 2 N–H and O–H groups in total.